The Morgan fingerprint density at radius 2 is 0.929 bits per heavy atom. The molecular weight excluding hydrogens is 716 g/mol. The molecule has 6 amide bonds. The van der Waals surface area contributed by atoms with Crippen LogP contribution in [-0.2, 0) is 28.7 Å². The predicted octanol–water partition coefficient (Wildman–Crippen LogP) is 5.83. The number of carbonyl (C=O) groups is 6. The molecule has 2 aliphatic heterocycles. The average Bonchev–Trinajstić information content (AvgIpc) is 3.94. The number of ether oxygens (including phenoxy) is 2. The third-order valence-corrected chi connectivity index (χ3v) is 10.3. The van der Waals surface area contributed by atoms with Crippen molar-refractivity contribution in [1.82, 2.24) is 20.4 Å². The molecule has 0 bridgehead atoms. The van der Waals surface area contributed by atoms with Gasteiger partial charge in [-0.25, -0.2) is 9.59 Å². The summed E-state index contributed by atoms with van der Waals surface area (Å²) in [7, 11) is 0. The van der Waals surface area contributed by atoms with E-state index in [1.165, 1.54) is 0 Å². The Bertz CT molecular complexity index is 1730. The van der Waals surface area contributed by atoms with Crippen molar-refractivity contribution in [1.29, 1.82) is 0 Å². The summed E-state index contributed by atoms with van der Waals surface area (Å²) in [5, 5.41) is 11.4. The molecule has 2 saturated carbocycles. The number of likely N-dealkylation sites (tertiary alicyclic amines) is 2. The quantitative estimate of drug-likeness (QED) is 0.218. The molecule has 56 heavy (non-hydrogen) atoms. The van der Waals surface area contributed by atoms with Crippen molar-refractivity contribution in [3.05, 3.63) is 59.7 Å². The zero-order chi connectivity index (χ0) is 40.5. The fourth-order valence-electron chi connectivity index (χ4n) is 7.15. The van der Waals surface area contributed by atoms with Crippen molar-refractivity contribution in [3.63, 3.8) is 0 Å². The number of alkyl carbamates (subject to hydrolysis) is 2. The maximum Gasteiger partial charge on any atom is 0.408 e. The summed E-state index contributed by atoms with van der Waals surface area (Å²) in [4.78, 5) is 81.6. The molecule has 14 nitrogen and oxygen atoms in total. The van der Waals surface area contributed by atoms with Crippen LogP contribution in [0.4, 0.5) is 21.0 Å². The Hall–Kier alpha value is -5.40. The number of nitrogens with one attached hydrogen (secondary N) is 4. The molecule has 2 atom stereocenters. The Morgan fingerprint density at radius 1 is 0.589 bits per heavy atom. The van der Waals surface area contributed by atoms with Crippen LogP contribution in [0.25, 0.3) is 12.2 Å². The van der Waals surface area contributed by atoms with E-state index in [0.717, 1.165) is 11.1 Å². The molecule has 2 heterocycles. The van der Waals surface area contributed by atoms with E-state index in [1.807, 2.05) is 36.4 Å². The van der Waals surface area contributed by atoms with Crippen LogP contribution >= 0.6 is 0 Å². The van der Waals surface area contributed by atoms with E-state index in [0.29, 0.717) is 75.8 Å². The first kappa shape index (κ1) is 40.3. The lowest BCUT2D eigenvalue weighted by Crippen LogP contribution is -2.54. The van der Waals surface area contributed by atoms with Gasteiger partial charge >= 0.3 is 12.2 Å². The number of rotatable bonds is 10. The molecule has 0 spiro atoms. The zero-order valence-corrected chi connectivity index (χ0v) is 33.2. The van der Waals surface area contributed by atoms with Gasteiger partial charge in [-0.3, -0.25) is 19.2 Å². The van der Waals surface area contributed by atoms with E-state index in [-0.39, 0.29) is 23.6 Å². The highest BCUT2D eigenvalue weighted by atomic mass is 16.6. The molecule has 2 aromatic carbocycles. The van der Waals surface area contributed by atoms with Crippen molar-refractivity contribution >= 4 is 59.3 Å². The van der Waals surface area contributed by atoms with Gasteiger partial charge in [-0.05, 0) is 128 Å². The lowest BCUT2D eigenvalue weighted by Gasteiger charge is -2.29. The van der Waals surface area contributed by atoms with Crippen molar-refractivity contribution < 1.29 is 38.2 Å². The number of carbonyl (C=O) groups excluding carboxylic acids is 6. The largest absolute Gasteiger partial charge is 0.444 e. The third-order valence-electron chi connectivity index (χ3n) is 10.3. The molecule has 0 radical (unpaired) electrons. The van der Waals surface area contributed by atoms with Gasteiger partial charge in [0.15, 0.2) is 0 Å². The molecule has 2 saturated heterocycles. The molecular formula is C42H54N6O8. The molecule has 4 aliphatic rings. The number of hydrogen-bond acceptors (Lipinski definition) is 8. The minimum absolute atomic E-state index is 0.248. The number of nitrogens with zero attached hydrogens (tertiary/aromatic N) is 2. The summed E-state index contributed by atoms with van der Waals surface area (Å²) in [5.41, 5.74) is -0.388. The first-order chi connectivity index (χ1) is 26.4. The van der Waals surface area contributed by atoms with Crippen molar-refractivity contribution in [2.24, 2.45) is 0 Å². The minimum Gasteiger partial charge on any atom is -0.444 e. The van der Waals surface area contributed by atoms with Crippen molar-refractivity contribution in [3.8, 4) is 0 Å². The normalized spacial score (nSPS) is 20.9. The number of anilines is 2. The molecule has 2 aliphatic carbocycles. The van der Waals surface area contributed by atoms with Gasteiger partial charge in [-0.1, -0.05) is 36.4 Å². The second kappa shape index (κ2) is 15.6. The number of amides is 6. The molecule has 14 heteroatoms. The van der Waals surface area contributed by atoms with Crippen LogP contribution in [0.3, 0.4) is 0 Å². The van der Waals surface area contributed by atoms with E-state index in [4.69, 9.17) is 9.47 Å². The Labute approximate surface area is 328 Å². The molecule has 300 valence electrons. The van der Waals surface area contributed by atoms with Crippen LogP contribution in [0.5, 0.6) is 0 Å². The maximum absolute atomic E-state index is 13.5. The smallest absolute Gasteiger partial charge is 0.408 e. The second-order valence-corrected chi connectivity index (χ2v) is 17.3. The fourth-order valence-corrected chi connectivity index (χ4v) is 7.15. The van der Waals surface area contributed by atoms with Crippen LogP contribution in [0.2, 0.25) is 0 Å². The Balaban J connectivity index is 0.981. The predicted molar refractivity (Wildman–Crippen MR) is 211 cm³/mol. The van der Waals surface area contributed by atoms with Crippen molar-refractivity contribution in [2.45, 2.75) is 127 Å². The molecule has 4 fully saturated rings. The minimum atomic E-state index is -1.02. The topological polar surface area (TPSA) is 175 Å². The monoisotopic (exact) mass is 770 g/mol. The Kier molecular flexibility index (Phi) is 11.2. The van der Waals surface area contributed by atoms with Crippen LogP contribution < -0.4 is 21.3 Å². The molecule has 0 aromatic heterocycles. The number of hydrogen-bond donors (Lipinski definition) is 4. The van der Waals surface area contributed by atoms with Gasteiger partial charge in [0.1, 0.15) is 34.4 Å². The average molecular weight is 771 g/mol. The Morgan fingerprint density at radius 3 is 1.23 bits per heavy atom. The van der Waals surface area contributed by atoms with Gasteiger partial charge in [0, 0.05) is 24.5 Å². The second-order valence-electron chi connectivity index (χ2n) is 17.3. The maximum atomic E-state index is 13.5. The first-order valence-corrected chi connectivity index (χ1v) is 19.5. The SMILES string of the molecule is CC(C)(C)OC(=O)NC1(C(=O)N2CCC[C@H]2C(=O)Nc2ccc(C=Cc3ccc(NC(=O)[C@@H]4CCCN4C(=O)C4(NC(=O)OC(C)(C)C)CC4)cc3)cc2)CC1. The molecule has 4 N–H and O–H groups in total. The lowest BCUT2D eigenvalue weighted by atomic mass is 10.1. The van der Waals surface area contributed by atoms with E-state index in [9.17, 15) is 28.8 Å². The van der Waals surface area contributed by atoms with E-state index in [1.54, 1.807) is 75.6 Å². The van der Waals surface area contributed by atoms with E-state index >= 15 is 0 Å². The van der Waals surface area contributed by atoms with Crippen LogP contribution in [0.15, 0.2) is 48.5 Å². The summed E-state index contributed by atoms with van der Waals surface area (Å²) in [5.74, 6) is -1.04. The van der Waals surface area contributed by atoms with Gasteiger partial charge in [0.25, 0.3) is 0 Å². The standard InChI is InChI=1S/C42H54N6O8/c1-39(2,3)55-37(53)45-41(21-22-41)35(51)47-25-7-9-31(47)33(49)43-29-17-13-27(14-18-29)11-12-28-15-19-30(20-16-28)44-34(50)32-10-8-26-48(32)36(52)42(23-24-42)46-38(54)56-40(4,5)6/h11-20,31-32H,7-10,21-26H2,1-6H3,(H,43,49)(H,44,50)(H,45,53)(H,46,54)/t31-,32-/m0/s1. The highest BCUT2D eigenvalue weighted by Gasteiger charge is 2.57. The van der Waals surface area contributed by atoms with E-state index < -0.39 is 46.6 Å². The lowest BCUT2D eigenvalue weighted by molar-refractivity contribution is -0.139. The number of benzene rings is 2. The highest BCUT2D eigenvalue weighted by Crippen LogP contribution is 2.41. The van der Waals surface area contributed by atoms with Gasteiger partial charge in [-0.2, -0.15) is 0 Å². The van der Waals surface area contributed by atoms with Crippen LogP contribution in [0, 0.1) is 0 Å². The fraction of sp³-hybridized carbons (Fsp3) is 0.524. The molecule has 2 aromatic rings. The van der Waals surface area contributed by atoms with Gasteiger partial charge in [0.2, 0.25) is 23.6 Å². The zero-order valence-electron chi connectivity index (χ0n) is 33.2. The van der Waals surface area contributed by atoms with Crippen LogP contribution in [0.1, 0.15) is 104 Å². The first-order valence-electron chi connectivity index (χ1n) is 19.5. The summed E-state index contributed by atoms with van der Waals surface area (Å²) in [6, 6.07) is 13.5. The van der Waals surface area contributed by atoms with Gasteiger partial charge < -0.3 is 40.5 Å². The highest BCUT2D eigenvalue weighted by molar-refractivity contribution is 6.02. The summed E-state index contributed by atoms with van der Waals surface area (Å²) >= 11 is 0. The van der Waals surface area contributed by atoms with E-state index in [2.05, 4.69) is 21.3 Å². The van der Waals surface area contributed by atoms with Gasteiger partial charge in [0.05, 0.1) is 0 Å². The molecule has 0 unspecified atom stereocenters. The van der Waals surface area contributed by atoms with Crippen LogP contribution in [-0.4, -0.2) is 93.1 Å². The summed E-state index contributed by atoms with van der Waals surface area (Å²) < 4.78 is 10.7. The molecule has 6 rings (SSSR count). The summed E-state index contributed by atoms with van der Waals surface area (Å²) in [6.07, 6.45) is 7.09. The van der Waals surface area contributed by atoms with Crippen molar-refractivity contribution in [2.75, 3.05) is 23.7 Å². The van der Waals surface area contributed by atoms with Gasteiger partial charge in [-0.15, -0.1) is 0 Å². The third kappa shape index (κ3) is 9.87. The summed E-state index contributed by atoms with van der Waals surface area (Å²) in [6.45, 7) is 11.5.